The Balaban J connectivity index is 0.00000109. The van der Waals surface area contributed by atoms with Crippen LogP contribution in [0.2, 0.25) is 5.02 Å². The molecule has 0 radical (unpaired) electrons. The number of oxazole rings is 1. The maximum atomic E-state index is 13.7. The molecule has 0 aliphatic carbocycles. The summed E-state index contributed by atoms with van der Waals surface area (Å²) in [5, 5.41) is 3.23. The van der Waals surface area contributed by atoms with E-state index in [9.17, 15) is 9.18 Å². The quantitative estimate of drug-likeness (QED) is 0.426. The van der Waals surface area contributed by atoms with Crippen LogP contribution in [0.1, 0.15) is 24.2 Å². The van der Waals surface area contributed by atoms with Crippen LogP contribution in [0, 0.1) is 5.82 Å². The number of nitrogens with zero attached hydrogens (tertiary/aromatic N) is 1. The summed E-state index contributed by atoms with van der Waals surface area (Å²) in [5.74, 6) is -1.06. The van der Waals surface area contributed by atoms with Crippen LogP contribution in [0.3, 0.4) is 0 Å². The number of halogens is 2. The molecule has 28 heavy (non-hydrogen) atoms. The number of benzene rings is 3. The van der Waals surface area contributed by atoms with Gasteiger partial charge < -0.3 is 9.73 Å². The van der Waals surface area contributed by atoms with Crippen LogP contribution in [0.5, 0.6) is 0 Å². The second-order valence-corrected chi connectivity index (χ2v) is 6.07. The van der Waals surface area contributed by atoms with Crippen LogP contribution < -0.4 is 5.32 Å². The Hall–Kier alpha value is -3.18. The van der Waals surface area contributed by atoms with Gasteiger partial charge >= 0.3 is 0 Å². The minimum absolute atomic E-state index is 0.00427. The van der Waals surface area contributed by atoms with E-state index in [1.165, 1.54) is 24.6 Å². The van der Waals surface area contributed by atoms with Crippen LogP contribution in [0.4, 0.5) is 10.1 Å². The summed E-state index contributed by atoms with van der Waals surface area (Å²) in [7, 11) is 0. The minimum atomic E-state index is -0.561. The monoisotopic (exact) mass is 396 g/mol. The molecule has 0 bridgehead atoms. The van der Waals surface area contributed by atoms with Crippen molar-refractivity contribution in [3.05, 3.63) is 83.5 Å². The Morgan fingerprint density at radius 1 is 1.07 bits per heavy atom. The number of fused-ring (bicyclic) bond motifs is 1. The zero-order valence-electron chi connectivity index (χ0n) is 15.4. The molecule has 3 aromatic carbocycles. The molecule has 0 fully saturated rings. The molecule has 4 aromatic rings. The SMILES string of the molecule is CC.O=C(Nc1ccc(-c2cc3ocnc3cc2Cl)cc1)c1ccccc1F. The number of hydrogen-bond donors (Lipinski definition) is 1. The first-order valence-electron chi connectivity index (χ1n) is 8.81. The van der Waals surface area contributed by atoms with E-state index in [1.54, 1.807) is 24.3 Å². The van der Waals surface area contributed by atoms with Crippen molar-refractivity contribution in [1.82, 2.24) is 4.98 Å². The molecule has 0 spiro atoms. The van der Waals surface area contributed by atoms with E-state index in [2.05, 4.69) is 10.3 Å². The van der Waals surface area contributed by atoms with E-state index in [4.69, 9.17) is 16.0 Å². The Labute approximate surface area is 167 Å². The summed E-state index contributed by atoms with van der Waals surface area (Å²) in [4.78, 5) is 16.2. The molecule has 0 saturated carbocycles. The summed E-state index contributed by atoms with van der Waals surface area (Å²) in [6, 6.07) is 16.5. The van der Waals surface area contributed by atoms with E-state index in [-0.39, 0.29) is 5.56 Å². The predicted octanol–water partition coefficient (Wildman–Crippen LogP) is 6.57. The number of carbonyl (C=O) groups is 1. The normalized spacial score (nSPS) is 10.3. The van der Waals surface area contributed by atoms with Crippen molar-refractivity contribution in [2.45, 2.75) is 13.8 Å². The number of rotatable bonds is 3. The maximum absolute atomic E-state index is 13.7. The fourth-order valence-electron chi connectivity index (χ4n) is 2.68. The van der Waals surface area contributed by atoms with Crippen molar-refractivity contribution in [2.24, 2.45) is 0 Å². The summed E-state index contributed by atoms with van der Waals surface area (Å²) in [6.07, 6.45) is 1.37. The van der Waals surface area contributed by atoms with Gasteiger partial charge in [0.25, 0.3) is 5.91 Å². The Morgan fingerprint density at radius 3 is 2.50 bits per heavy atom. The average molecular weight is 397 g/mol. The maximum Gasteiger partial charge on any atom is 0.258 e. The second kappa shape index (κ2) is 8.67. The summed E-state index contributed by atoms with van der Waals surface area (Å²) in [5.41, 5.74) is 3.53. The van der Waals surface area contributed by atoms with Gasteiger partial charge in [0.1, 0.15) is 11.3 Å². The van der Waals surface area contributed by atoms with Crippen LogP contribution in [0.25, 0.3) is 22.2 Å². The number of aromatic nitrogens is 1. The molecule has 4 nitrogen and oxygen atoms in total. The molecule has 1 aromatic heterocycles. The molecule has 1 heterocycles. The highest BCUT2D eigenvalue weighted by atomic mass is 35.5. The molecule has 0 saturated heterocycles. The lowest BCUT2D eigenvalue weighted by Gasteiger charge is -2.08. The zero-order valence-corrected chi connectivity index (χ0v) is 16.1. The summed E-state index contributed by atoms with van der Waals surface area (Å²) in [6.45, 7) is 4.00. The first-order chi connectivity index (χ1) is 13.6. The highest BCUT2D eigenvalue weighted by Gasteiger charge is 2.12. The van der Waals surface area contributed by atoms with Gasteiger partial charge in [-0.15, -0.1) is 0 Å². The van der Waals surface area contributed by atoms with Crippen molar-refractivity contribution in [3.63, 3.8) is 0 Å². The molecule has 1 amide bonds. The standard InChI is InChI=1S/C20H12ClFN2O2.C2H6/c21-16-10-18-19(26-11-23-18)9-15(16)12-5-7-13(8-6-12)24-20(25)14-3-1-2-4-17(14)22;1-2/h1-11H,(H,24,25);1-2H3. The predicted molar refractivity (Wildman–Crippen MR) is 110 cm³/mol. The van der Waals surface area contributed by atoms with E-state index in [0.29, 0.717) is 21.8 Å². The Morgan fingerprint density at radius 2 is 1.79 bits per heavy atom. The van der Waals surface area contributed by atoms with Crippen LogP contribution in [-0.2, 0) is 0 Å². The molecule has 142 valence electrons. The van der Waals surface area contributed by atoms with Crippen LogP contribution in [-0.4, -0.2) is 10.9 Å². The van der Waals surface area contributed by atoms with Crippen molar-refractivity contribution < 1.29 is 13.6 Å². The zero-order chi connectivity index (χ0) is 20.1. The van der Waals surface area contributed by atoms with Crippen molar-refractivity contribution >= 4 is 34.3 Å². The third kappa shape index (κ3) is 4.05. The molecular formula is C22H18ClFN2O2. The van der Waals surface area contributed by atoms with E-state index >= 15 is 0 Å². The van der Waals surface area contributed by atoms with Gasteiger partial charge in [0.2, 0.25) is 0 Å². The second-order valence-electron chi connectivity index (χ2n) is 5.66. The lowest BCUT2D eigenvalue weighted by atomic mass is 10.0. The fourth-order valence-corrected chi connectivity index (χ4v) is 2.94. The lowest BCUT2D eigenvalue weighted by Crippen LogP contribution is -2.13. The minimum Gasteiger partial charge on any atom is -0.443 e. The van der Waals surface area contributed by atoms with Crippen LogP contribution in [0.15, 0.2) is 71.5 Å². The molecule has 0 atom stereocenters. The number of carbonyl (C=O) groups excluding carboxylic acids is 1. The van der Waals surface area contributed by atoms with Gasteiger partial charge in [0.15, 0.2) is 12.0 Å². The first kappa shape index (κ1) is 19.6. The largest absolute Gasteiger partial charge is 0.443 e. The molecule has 0 aliphatic heterocycles. The Kier molecular flexibility index (Phi) is 6.06. The fraction of sp³-hybridized carbons (Fsp3) is 0.0909. The van der Waals surface area contributed by atoms with Gasteiger partial charge in [0.05, 0.1) is 10.6 Å². The van der Waals surface area contributed by atoms with Gasteiger partial charge in [0, 0.05) is 11.3 Å². The third-order valence-corrected chi connectivity index (χ3v) is 4.31. The van der Waals surface area contributed by atoms with E-state index in [0.717, 1.165) is 11.1 Å². The summed E-state index contributed by atoms with van der Waals surface area (Å²) >= 11 is 6.32. The van der Waals surface area contributed by atoms with Gasteiger partial charge in [-0.25, -0.2) is 9.37 Å². The van der Waals surface area contributed by atoms with Crippen LogP contribution >= 0.6 is 11.6 Å². The van der Waals surface area contributed by atoms with Gasteiger partial charge in [-0.3, -0.25) is 4.79 Å². The number of hydrogen-bond acceptors (Lipinski definition) is 3. The van der Waals surface area contributed by atoms with Gasteiger partial charge in [-0.1, -0.05) is 49.7 Å². The molecule has 0 unspecified atom stereocenters. The highest BCUT2D eigenvalue weighted by molar-refractivity contribution is 6.34. The number of amides is 1. The molecule has 1 N–H and O–H groups in total. The average Bonchev–Trinajstić information content (AvgIpc) is 3.17. The molecule has 0 aliphatic rings. The molecule has 6 heteroatoms. The van der Waals surface area contributed by atoms with E-state index in [1.807, 2.05) is 32.0 Å². The highest BCUT2D eigenvalue weighted by Crippen LogP contribution is 2.32. The molecular weight excluding hydrogens is 379 g/mol. The lowest BCUT2D eigenvalue weighted by molar-refractivity contribution is 0.102. The Bertz CT molecular complexity index is 1110. The van der Waals surface area contributed by atoms with Gasteiger partial charge in [-0.05, 0) is 42.0 Å². The topological polar surface area (TPSA) is 55.1 Å². The number of nitrogens with one attached hydrogen (secondary N) is 1. The van der Waals surface area contributed by atoms with Gasteiger partial charge in [-0.2, -0.15) is 0 Å². The van der Waals surface area contributed by atoms with E-state index < -0.39 is 11.7 Å². The molecule has 4 rings (SSSR count). The van der Waals surface area contributed by atoms with Crippen molar-refractivity contribution in [1.29, 1.82) is 0 Å². The third-order valence-electron chi connectivity index (χ3n) is 3.99. The number of anilines is 1. The summed E-state index contributed by atoms with van der Waals surface area (Å²) < 4.78 is 19.0. The smallest absolute Gasteiger partial charge is 0.258 e. The van der Waals surface area contributed by atoms with Crippen molar-refractivity contribution in [2.75, 3.05) is 5.32 Å². The first-order valence-corrected chi connectivity index (χ1v) is 9.19. The van der Waals surface area contributed by atoms with Crippen molar-refractivity contribution in [3.8, 4) is 11.1 Å².